The highest BCUT2D eigenvalue weighted by Gasteiger charge is 2.19. The Labute approximate surface area is 118 Å². The normalized spacial score (nSPS) is 11.8. The molecule has 2 N–H and O–H groups in total. The van der Waals surface area contributed by atoms with E-state index >= 15 is 0 Å². The number of hydrogen-bond acceptors (Lipinski definition) is 5. The Morgan fingerprint density at radius 3 is 2.80 bits per heavy atom. The van der Waals surface area contributed by atoms with E-state index in [1.165, 1.54) is 29.5 Å². The molecule has 20 heavy (non-hydrogen) atoms. The summed E-state index contributed by atoms with van der Waals surface area (Å²) in [5.41, 5.74) is 0.433. The van der Waals surface area contributed by atoms with Crippen LogP contribution >= 0.6 is 11.3 Å². The number of aliphatic hydroxyl groups is 1. The number of para-hydroxylation sites is 1. The van der Waals surface area contributed by atoms with Gasteiger partial charge in [0, 0.05) is 12.6 Å². The Kier molecular flexibility index (Phi) is 4.44. The van der Waals surface area contributed by atoms with Gasteiger partial charge in [0.05, 0.1) is 11.0 Å². The number of nitrogens with zero attached hydrogens (tertiary/aromatic N) is 1. The lowest BCUT2D eigenvalue weighted by Crippen LogP contribution is -2.28. The Morgan fingerprint density at radius 2 is 2.15 bits per heavy atom. The van der Waals surface area contributed by atoms with E-state index in [1.54, 1.807) is 17.5 Å². The number of amides is 1. The maximum Gasteiger partial charge on any atom is 0.282 e. The number of nitro benzene ring substituents is 1. The van der Waals surface area contributed by atoms with E-state index in [-0.39, 0.29) is 17.8 Å². The molecule has 0 aliphatic carbocycles. The number of nitro groups is 1. The van der Waals surface area contributed by atoms with Gasteiger partial charge in [0.15, 0.2) is 0 Å². The number of carbonyl (C=O) groups is 1. The van der Waals surface area contributed by atoms with Gasteiger partial charge in [-0.25, -0.2) is 0 Å². The summed E-state index contributed by atoms with van der Waals surface area (Å²) < 4.78 is 0. The molecule has 0 bridgehead atoms. The average molecular weight is 292 g/mol. The van der Waals surface area contributed by atoms with Crippen LogP contribution in [0.5, 0.6) is 0 Å². The van der Waals surface area contributed by atoms with Crippen molar-refractivity contribution in [3.63, 3.8) is 0 Å². The molecule has 0 radical (unpaired) electrons. The van der Waals surface area contributed by atoms with E-state index in [9.17, 15) is 20.0 Å². The number of aliphatic hydroxyl groups excluding tert-OH is 1. The van der Waals surface area contributed by atoms with Crippen molar-refractivity contribution >= 4 is 22.9 Å². The fraction of sp³-hybridized carbons (Fsp3) is 0.154. The second kappa shape index (κ2) is 6.27. The molecule has 0 fully saturated rings. The van der Waals surface area contributed by atoms with E-state index in [1.807, 2.05) is 5.38 Å². The molecule has 0 aliphatic heterocycles. The van der Waals surface area contributed by atoms with Crippen LogP contribution in [0.1, 0.15) is 22.0 Å². The van der Waals surface area contributed by atoms with Crippen molar-refractivity contribution in [3.8, 4) is 0 Å². The van der Waals surface area contributed by atoms with Crippen LogP contribution < -0.4 is 5.32 Å². The average Bonchev–Trinajstić information content (AvgIpc) is 2.98. The zero-order chi connectivity index (χ0) is 14.5. The SMILES string of the molecule is O=C(NCC(O)c1ccsc1)c1ccccc1[N+](=O)[O-]. The smallest absolute Gasteiger partial charge is 0.282 e. The van der Waals surface area contributed by atoms with Crippen molar-refractivity contribution in [2.24, 2.45) is 0 Å². The first kappa shape index (κ1) is 14.2. The van der Waals surface area contributed by atoms with Crippen molar-refractivity contribution in [3.05, 3.63) is 62.3 Å². The van der Waals surface area contributed by atoms with E-state index in [0.29, 0.717) is 5.56 Å². The highest BCUT2D eigenvalue weighted by atomic mass is 32.1. The third kappa shape index (κ3) is 3.19. The van der Waals surface area contributed by atoms with Gasteiger partial charge in [0.1, 0.15) is 5.56 Å². The number of hydrogen-bond donors (Lipinski definition) is 2. The highest BCUT2D eigenvalue weighted by Crippen LogP contribution is 2.18. The minimum absolute atomic E-state index is 0.00160. The van der Waals surface area contributed by atoms with Crippen LogP contribution in [0.25, 0.3) is 0 Å². The zero-order valence-electron chi connectivity index (χ0n) is 10.4. The number of benzene rings is 1. The maximum atomic E-state index is 11.9. The molecule has 0 spiro atoms. The predicted molar refractivity (Wildman–Crippen MR) is 74.7 cm³/mol. The van der Waals surface area contributed by atoms with Crippen molar-refractivity contribution in [2.75, 3.05) is 6.54 Å². The number of carbonyl (C=O) groups excluding carboxylic acids is 1. The van der Waals surface area contributed by atoms with Gasteiger partial charge >= 0.3 is 0 Å². The maximum absolute atomic E-state index is 11.9. The summed E-state index contributed by atoms with van der Waals surface area (Å²) in [7, 11) is 0. The predicted octanol–water partition coefficient (Wildman–Crippen LogP) is 2.12. The summed E-state index contributed by atoms with van der Waals surface area (Å²) >= 11 is 1.44. The van der Waals surface area contributed by atoms with Crippen molar-refractivity contribution in [2.45, 2.75) is 6.10 Å². The zero-order valence-corrected chi connectivity index (χ0v) is 11.2. The van der Waals surface area contributed by atoms with Gasteiger partial charge in [-0.2, -0.15) is 11.3 Å². The molecular formula is C13H12N2O4S. The first-order valence-corrected chi connectivity index (χ1v) is 6.75. The van der Waals surface area contributed by atoms with E-state index in [4.69, 9.17) is 0 Å². The molecule has 0 saturated heterocycles. The Balaban J connectivity index is 2.04. The summed E-state index contributed by atoms with van der Waals surface area (Å²) in [6, 6.07) is 7.45. The fourth-order valence-corrected chi connectivity index (χ4v) is 2.40. The van der Waals surface area contributed by atoms with Gasteiger partial charge in [-0.05, 0) is 28.5 Å². The second-order valence-corrected chi connectivity index (χ2v) is 4.84. The molecule has 104 valence electrons. The van der Waals surface area contributed by atoms with E-state index in [2.05, 4.69) is 5.32 Å². The molecule has 2 rings (SSSR count). The molecule has 1 unspecified atom stereocenters. The molecule has 0 saturated carbocycles. The second-order valence-electron chi connectivity index (χ2n) is 4.06. The molecule has 1 aromatic heterocycles. The summed E-state index contributed by atoms with van der Waals surface area (Å²) in [5.74, 6) is -0.577. The first-order chi connectivity index (χ1) is 9.59. The first-order valence-electron chi connectivity index (χ1n) is 5.81. The fourth-order valence-electron chi connectivity index (χ4n) is 1.69. The molecule has 1 aromatic carbocycles. The van der Waals surface area contributed by atoms with Crippen LogP contribution in [0.3, 0.4) is 0 Å². The van der Waals surface area contributed by atoms with Crippen LogP contribution in [0.15, 0.2) is 41.1 Å². The standard InChI is InChI=1S/C13H12N2O4S/c16-12(9-5-6-20-8-9)7-14-13(17)10-3-1-2-4-11(10)15(18)19/h1-6,8,12,16H,7H2,(H,14,17). The summed E-state index contributed by atoms with van der Waals surface area (Å²) in [6.45, 7) is 0.00160. The topological polar surface area (TPSA) is 92.5 Å². The van der Waals surface area contributed by atoms with Gasteiger partial charge in [-0.3, -0.25) is 14.9 Å². The van der Waals surface area contributed by atoms with Crippen molar-refractivity contribution in [1.29, 1.82) is 0 Å². The highest BCUT2D eigenvalue weighted by molar-refractivity contribution is 7.07. The van der Waals surface area contributed by atoms with Crippen LogP contribution in [0, 0.1) is 10.1 Å². The molecule has 1 heterocycles. The molecule has 0 aliphatic rings. The van der Waals surface area contributed by atoms with Gasteiger partial charge in [-0.15, -0.1) is 0 Å². The van der Waals surface area contributed by atoms with Gasteiger partial charge in [0.25, 0.3) is 11.6 Å². The molecule has 1 atom stereocenters. The van der Waals surface area contributed by atoms with Gasteiger partial charge in [-0.1, -0.05) is 12.1 Å². The Morgan fingerprint density at radius 1 is 1.40 bits per heavy atom. The number of rotatable bonds is 5. The largest absolute Gasteiger partial charge is 0.387 e. The van der Waals surface area contributed by atoms with Crippen LogP contribution in [-0.4, -0.2) is 22.5 Å². The number of thiophene rings is 1. The lowest BCUT2D eigenvalue weighted by molar-refractivity contribution is -0.385. The minimum atomic E-state index is -0.826. The minimum Gasteiger partial charge on any atom is -0.387 e. The summed E-state index contributed by atoms with van der Waals surface area (Å²) in [4.78, 5) is 22.1. The lowest BCUT2D eigenvalue weighted by atomic mass is 10.1. The van der Waals surface area contributed by atoms with Gasteiger partial charge in [0.2, 0.25) is 0 Å². The number of nitrogens with one attached hydrogen (secondary N) is 1. The monoisotopic (exact) mass is 292 g/mol. The van der Waals surface area contributed by atoms with Crippen molar-refractivity contribution < 1.29 is 14.8 Å². The third-order valence-electron chi connectivity index (χ3n) is 2.73. The quantitative estimate of drug-likeness (QED) is 0.652. The Hall–Kier alpha value is -2.25. The third-order valence-corrected chi connectivity index (χ3v) is 3.43. The molecule has 2 aromatic rings. The van der Waals surface area contributed by atoms with Crippen LogP contribution in [-0.2, 0) is 0 Å². The van der Waals surface area contributed by atoms with Crippen LogP contribution in [0.4, 0.5) is 5.69 Å². The molecular weight excluding hydrogens is 280 g/mol. The van der Waals surface area contributed by atoms with E-state index in [0.717, 1.165) is 0 Å². The summed E-state index contributed by atoms with van der Waals surface area (Å²) in [6.07, 6.45) is -0.826. The van der Waals surface area contributed by atoms with Crippen molar-refractivity contribution in [1.82, 2.24) is 5.32 Å². The molecule has 1 amide bonds. The summed E-state index contributed by atoms with van der Waals surface area (Å²) in [5, 5.41) is 26.8. The Bertz CT molecular complexity index is 613. The van der Waals surface area contributed by atoms with Crippen LogP contribution in [0.2, 0.25) is 0 Å². The van der Waals surface area contributed by atoms with E-state index < -0.39 is 16.9 Å². The molecule has 7 heteroatoms. The molecule has 6 nitrogen and oxygen atoms in total. The van der Waals surface area contributed by atoms with Gasteiger partial charge < -0.3 is 10.4 Å². The lowest BCUT2D eigenvalue weighted by Gasteiger charge is -2.10.